The highest BCUT2D eigenvalue weighted by atomic mass is 19.1. The highest BCUT2D eigenvalue weighted by Gasteiger charge is 2.16. The lowest BCUT2D eigenvalue weighted by Gasteiger charge is -2.17. The van der Waals surface area contributed by atoms with Gasteiger partial charge in [-0.3, -0.25) is 0 Å². The van der Waals surface area contributed by atoms with Gasteiger partial charge in [0.1, 0.15) is 17.3 Å². The summed E-state index contributed by atoms with van der Waals surface area (Å²) in [4.78, 5) is 0. The summed E-state index contributed by atoms with van der Waals surface area (Å²) in [6.45, 7) is 1.84. The molecule has 20 heavy (non-hydrogen) atoms. The van der Waals surface area contributed by atoms with Crippen LogP contribution in [0.2, 0.25) is 0 Å². The molecule has 2 aromatic rings. The van der Waals surface area contributed by atoms with Crippen molar-refractivity contribution < 1.29 is 13.9 Å². The first-order valence-electron chi connectivity index (χ1n) is 6.29. The van der Waals surface area contributed by atoms with E-state index in [1.807, 2.05) is 19.1 Å². The molecule has 2 N–H and O–H groups in total. The van der Waals surface area contributed by atoms with E-state index in [0.717, 1.165) is 11.1 Å². The van der Waals surface area contributed by atoms with Crippen LogP contribution in [0.3, 0.4) is 0 Å². The molecule has 0 aliphatic heterocycles. The Morgan fingerprint density at radius 2 is 1.80 bits per heavy atom. The van der Waals surface area contributed by atoms with Crippen molar-refractivity contribution in [2.45, 2.75) is 13.0 Å². The van der Waals surface area contributed by atoms with Gasteiger partial charge in [-0.25, -0.2) is 4.39 Å². The van der Waals surface area contributed by atoms with Gasteiger partial charge in [0.2, 0.25) is 0 Å². The Kier molecular flexibility index (Phi) is 4.25. The molecular formula is C16H18FNO2. The molecule has 1 unspecified atom stereocenters. The Morgan fingerprint density at radius 1 is 1.05 bits per heavy atom. The molecule has 0 heterocycles. The first-order valence-corrected chi connectivity index (χ1v) is 6.29. The standard InChI is InChI=1S/C16H18FNO2/c1-10-6-11(8-12(17)7-10)16(18)14-9-13(19-2)4-5-15(14)20-3/h4-9,16H,18H2,1-3H3. The van der Waals surface area contributed by atoms with E-state index in [4.69, 9.17) is 15.2 Å². The minimum Gasteiger partial charge on any atom is -0.497 e. The Balaban J connectivity index is 2.48. The third kappa shape index (κ3) is 2.91. The lowest BCUT2D eigenvalue weighted by Crippen LogP contribution is -2.13. The molecule has 3 nitrogen and oxygen atoms in total. The summed E-state index contributed by atoms with van der Waals surface area (Å²) < 4.78 is 24.0. The quantitative estimate of drug-likeness (QED) is 0.932. The average molecular weight is 275 g/mol. The fourth-order valence-electron chi connectivity index (χ4n) is 2.21. The Morgan fingerprint density at radius 3 is 2.40 bits per heavy atom. The van der Waals surface area contributed by atoms with Crippen LogP contribution in [0.25, 0.3) is 0 Å². The number of ether oxygens (including phenoxy) is 2. The number of rotatable bonds is 4. The first-order chi connectivity index (χ1) is 9.55. The second-order valence-corrected chi connectivity index (χ2v) is 4.65. The molecule has 0 amide bonds. The maximum Gasteiger partial charge on any atom is 0.124 e. The molecule has 2 aromatic carbocycles. The molecule has 1 atom stereocenters. The summed E-state index contributed by atoms with van der Waals surface area (Å²) in [5.74, 6) is 1.04. The smallest absolute Gasteiger partial charge is 0.124 e. The molecule has 0 fully saturated rings. The van der Waals surface area contributed by atoms with Crippen LogP contribution < -0.4 is 15.2 Å². The molecule has 0 radical (unpaired) electrons. The first kappa shape index (κ1) is 14.3. The average Bonchev–Trinajstić information content (AvgIpc) is 2.44. The van der Waals surface area contributed by atoms with Crippen molar-refractivity contribution in [3.05, 3.63) is 58.9 Å². The zero-order valence-corrected chi connectivity index (χ0v) is 11.8. The van der Waals surface area contributed by atoms with E-state index in [1.165, 1.54) is 12.1 Å². The Hall–Kier alpha value is -2.07. The molecule has 2 rings (SSSR count). The van der Waals surface area contributed by atoms with Crippen molar-refractivity contribution in [2.24, 2.45) is 5.73 Å². The zero-order chi connectivity index (χ0) is 14.7. The van der Waals surface area contributed by atoms with E-state index in [1.54, 1.807) is 26.4 Å². The molecule has 0 bridgehead atoms. The lowest BCUT2D eigenvalue weighted by atomic mass is 9.97. The van der Waals surface area contributed by atoms with Crippen LogP contribution >= 0.6 is 0 Å². The summed E-state index contributed by atoms with van der Waals surface area (Å²) in [5, 5.41) is 0. The van der Waals surface area contributed by atoms with Gasteiger partial charge in [0, 0.05) is 5.56 Å². The maximum absolute atomic E-state index is 13.5. The van der Waals surface area contributed by atoms with E-state index >= 15 is 0 Å². The van der Waals surface area contributed by atoms with Crippen LogP contribution in [0.5, 0.6) is 11.5 Å². The fourth-order valence-corrected chi connectivity index (χ4v) is 2.21. The van der Waals surface area contributed by atoms with Crippen LogP contribution in [-0.4, -0.2) is 14.2 Å². The predicted molar refractivity (Wildman–Crippen MR) is 76.7 cm³/mol. The molecule has 0 saturated carbocycles. The maximum atomic E-state index is 13.5. The van der Waals surface area contributed by atoms with Crippen LogP contribution in [0.15, 0.2) is 36.4 Å². The number of aryl methyl sites for hydroxylation is 1. The van der Waals surface area contributed by atoms with Crippen molar-refractivity contribution in [1.29, 1.82) is 0 Å². The van der Waals surface area contributed by atoms with Gasteiger partial charge in [0.05, 0.1) is 20.3 Å². The topological polar surface area (TPSA) is 44.5 Å². The molecule has 0 aliphatic carbocycles. The zero-order valence-electron chi connectivity index (χ0n) is 11.8. The summed E-state index contributed by atoms with van der Waals surface area (Å²) in [6.07, 6.45) is 0. The molecule has 0 aromatic heterocycles. The predicted octanol–water partition coefficient (Wildman–Crippen LogP) is 3.20. The van der Waals surface area contributed by atoms with Crippen molar-refractivity contribution in [2.75, 3.05) is 14.2 Å². The minimum atomic E-state index is -0.477. The highest BCUT2D eigenvalue weighted by Crippen LogP contribution is 2.32. The van der Waals surface area contributed by atoms with Crippen molar-refractivity contribution in [3.8, 4) is 11.5 Å². The Bertz CT molecular complexity index is 593. The fraction of sp³-hybridized carbons (Fsp3) is 0.250. The third-order valence-electron chi connectivity index (χ3n) is 3.20. The molecule has 106 valence electrons. The van der Waals surface area contributed by atoms with E-state index in [-0.39, 0.29) is 5.82 Å². The van der Waals surface area contributed by atoms with Crippen molar-refractivity contribution >= 4 is 0 Å². The van der Waals surface area contributed by atoms with Gasteiger partial charge in [-0.2, -0.15) is 0 Å². The molecule has 0 saturated heterocycles. The van der Waals surface area contributed by atoms with Crippen LogP contribution in [0.4, 0.5) is 4.39 Å². The van der Waals surface area contributed by atoms with Gasteiger partial charge in [-0.1, -0.05) is 6.07 Å². The van der Waals surface area contributed by atoms with Gasteiger partial charge in [-0.05, 0) is 48.4 Å². The van der Waals surface area contributed by atoms with Crippen LogP contribution in [0.1, 0.15) is 22.7 Å². The number of nitrogens with two attached hydrogens (primary N) is 1. The van der Waals surface area contributed by atoms with Crippen LogP contribution in [0, 0.1) is 12.7 Å². The Labute approximate surface area is 118 Å². The van der Waals surface area contributed by atoms with E-state index in [0.29, 0.717) is 17.1 Å². The summed E-state index contributed by atoms with van der Waals surface area (Å²) >= 11 is 0. The largest absolute Gasteiger partial charge is 0.497 e. The minimum absolute atomic E-state index is 0.294. The summed E-state index contributed by atoms with van der Waals surface area (Å²) in [5.41, 5.74) is 8.55. The number of methoxy groups -OCH3 is 2. The normalized spacial score (nSPS) is 12.1. The number of benzene rings is 2. The summed E-state index contributed by atoms with van der Waals surface area (Å²) in [7, 11) is 3.16. The number of hydrogen-bond acceptors (Lipinski definition) is 3. The second-order valence-electron chi connectivity index (χ2n) is 4.65. The van der Waals surface area contributed by atoms with Crippen molar-refractivity contribution in [3.63, 3.8) is 0 Å². The van der Waals surface area contributed by atoms with Gasteiger partial charge >= 0.3 is 0 Å². The third-order valence-corrected chi connectivity index (χ3v) is 3.20. The summed E-state index contributed by atoms with van der Waals surface area (Å²) in [6, 6.07) is 9.70. The van der Waals surface area contributed by atoms with Gasteiger partial charge in [-0.15, -0.1) is 0 Å². The second kappa shape index (κ2) is 5.92. The van der Waals surface area contributed by atoms with Gasteiger partial charge in [0.25, 0.3) is 0 Å². The van der Waals surface area contributed by atoms with E-state index < -0.39 is 6.04 Å². The molecular weight excluding hydrogens is 257 g/mol. The molecule has 0 aliphatic rings. The number of hydrogen-bond donors (Lipinski definition) is 1. The van der Waals surface area contributed by atoms with E-state index in [9.17, 15) is 4.39 Å². The van der Waals surface area contributed by atoms with Gasteiger partial charge < -0.3 is 15.2 Å². The van der Waals surface area contributed by atoms with Crippen LogP contribution in [-0.2, 0) is 0 Å². The van der Waals surface area contributed by atoms with Gasteiger partial charge in [0.15, 0.2) is 0 Å². The molecule has 4 heteroatoms. The van der Waals surface area contributed by atoms with E-state index in [2.05, 4.69) is 0 Å². The monoisotopic (exact) mass is 275 g/mol. The SMILES string of the molecule is COc1ccc(OC)c(C(N)c2cc(C)cc(F)c2)c1. The number of halogens is 1. The lowest BCUT2D eigenvalue weighted by molar-refractivity contribution is 0.397. The van der Waals surface area contributed by atoms with Crippen molar-refractivity contribution in [1.82, 2.24) is 0 Å². The molecule has 0 spiro atoms. The highest BCUT2D eigenvalue weighted by molar-refractivity contribution is 5.46.